The van der Waals surface area contributed by atoms with Gasteiger partial charge in [0.2, 0.25) is 5.91 Å². The molecule has 200 valence electrons. The number of aliphatic hydroxyl groups excluding tert-OH is 3. The lowest BCUT2D eigenvalue weighted by Gasteiger charge is -2.63. The normalized spacial score (nSPS) is 30.8. The molecule has 1 saturated heterocycles. The van der Waals surface area contributed by atoms with Crippen LogP contribution in [0.25, 0.3) is 10.4 Å². The van der Waals surface area contributed by atoms with Crippen LogP contribution >= 0.6 is 0 Å². The molecule has 1 rings (SSSR count). The van der Waals surface area contributed by atoms with E-state index in [1.165, 1.54) is 0 Å². The highest BCUT2D eigenvalue weighted by Crippen LogP contribution is 2.57. The van der Waals surface area contributed by atoms with E-state index in [9.17, 15) is 59.4 Å². The van der Waals surface area contributed by atoms with Gasteiger partial charge in [-0.3, -0.25) is 24.0 Å². The molecule has 0 radical (unpaired) electrons. The average Bonchev–Trinajstić information content (AvgIpc) is 2.77. The Morgan fingerprint density at radius 3 is 1.83 bits per heavy atom. The van der Waals surface area contributed by atoms with Gasteiger partial charge >= 0.3 is 5.97 Å². The van der Waals surface area contributed by atoms with Crippen molar-refractivity contribution in [2.75, 3.05) is 13.2 Å². The Labute approximate surface area is 202 Å². The lowest BCUT2D eigenvalue weighted by atomic mass is 9.48. The van der Waals surface area contributed by atoms with Crippen molar-refractivity contribution in [1.82, 2.24) is 5.32 Å². The van der Waals surface area contributed by atoms with Crippen molar-refractivity contribution in [2.24, 2.45) is 10.5 Å². The number of nitrogens with one attached hydrogen (secondary N) is 1. The van der Waals surface area contributed by atoms with Gasteiger partial charge in [0.05, 0.1) is 6.61 Å². The molecule has 17 heteroatoms. The molecule has 1 unspecified atom stereocenters. The molecule has 1 aliphatic heterocycles. The van der Waals surface area contributed by atoms with Crippen LogP contribution in [0.3, 0.4) is 0 Å². The number of carboxylic acid groups (broad SMARTS) is 1. The van der Waals surface area contributed by atoms with E-state index in [1.54, 1.807) is 5.32 Å². The summed E-state index contributed by atoms with van der Waals surface area (Å²) in [5, 5.41) is 67.6. The summed E-state index contributed by atoms with van der Waals surface area (Å²) < 4.78 is 5.03. The SMILES string of the molecule is CC(=O)C1(C(C)=O)C(O)(C(=O)O)O[C@@H]([C@H](O)[C@H](O)CO)[C@@](NC(=O)CN=[N+]=[N-])(C(C)=O)[C@]1(O)C(C)=O. The van der Waals surface area contributed by atoms with E-state index < -0.39 is 88.8 Å². The smallest absolute Gasteiger partial charge is 0.366 e. The fourth-order valence-corrected chi connectivity index (χ4v) is 4.79. The zero-order valence-corrected chi connectivity index (χ0v) is 19.5. The fraction of sp³-hybridized carbons (Fsp3) is 0.684. The lowest BCUT2D eigenvalue weighted by molar-refractivity contribution is -0.358. The highest BCUT2D eigenvalue weighted by molar-refractivity contribution is 6.19. The summed E-state index contributed by atoms with van der Waals surface area (Å²) in [6, 6.07) is 0. The molecule has 0 aliphatic carbocycles. The molecule has 0 aromatic heterocycles. The Kier molecular flexibility index (Phi) is 8.84. The first-order valence-electron chi connectivity index (χ1n) is 10.1. The van der Waals surface area contributed by atoms with Crippen LogP contribution in [-0.4, -0.2) is 114 Å². The Balaban J connectivity index is 4.50. The molecule has 0 bridgehead atoms. The Bertz CT molecular complexity index is 1030. The van der Waals surface area contributed by atoms with Crippen molar-refractivity contribution < 1.29 is 64.1 Å². The number of nitrogens with zero attached hydrogens (tertiary/aromatic N) is 3. The number of carbonyl (C=O) groups is 6. The van der Waals surface area contributed by atoms with Crippen molar-refractivity contribution in [3.05, 3.63) is 10.4 Å². The predicted molar refractivity (Wildman–Crippen MR) is 112 cm³/mol. The number of amides is 1. The minimum Gasteiger partial charge on any atom is -0.477 e. The highest BCUT2D eigenvalue weighted by atomic mass is 16.7. The number of azide groups is 1. The number of aliphatic carboxylic acids is 1. The standard InChI is InChI=1S/C19H26N4O13/c1-7(25)16(8(2)26)18(34,10(4)28)17(9(3)27,22-12(30)5-21-23-20)14(13(31)11(29)6-24)36-19(16,35)15(32)33/h11,13-14,24,29,31,34-35H,5-6H2,1-4H3,(H,22,30)(H,32,33)/t11-,13-,14+,17+,18+,19?/m1/s1. The van der Waals surface area contributed by atoms with Crippen LogP contribution in [0.5, 0.6) is 0 Å². The second-order valence-electron chi connectivity index (χ2n) is 8.16. The summed E-state index contributed by atoms with van der Waals surface area (Å²) in [5.41, 5.74) is -2.87. The van der Waals surface area contributed by atoms with Crippen molar-refractivity contribution in [1.29, 1.82) is 0 Å². The van der Waals surface area contributed by atoms with Crippen LogP contribution in [0.15, 0.2) is 5.11 Å². The van der Waals surface area contributed by atoms with Gasteiger partial charge in [-0.25, -0.2) is 4.79 Å². The van der Waals surface area contributed by atoms with Crippen LogP contribution in [0.2, 0.25) is 0 Å². The van der Waals surface area contributed by atoms with Crippen LogP contribution in [0, 0.1) is 5.41 Å². The van der Waals surface area contributed by atoms with E-state index in [-0.39, 0.29) is 0 Å². The first-order valence-corrected chi connectivity index (χ1v) is 10.1. The van der Waals surface area contributed by atoms with Gasteiger partial charge in [0, 0.05) is 4.91 Å². The van der Waals surface area contributed by atoms with Gasteiger partial charge in [-0.1, -0.05) is 5.11 Å². The van der Waals surface area contributed by atoms with Crippen molar-refractivity contribution in [3.8, 4) is 0 Å². The highest BCUT2D eigenvalue weighted by Gasteiger charge is 2.87. The Hall–Kier alpha value is -3.31. The van der Waals surface area contributed by atoms with Crippen LogP contribution < -0.4 is 5.32 Å². The second kappa shape index (κ2) is 10.4. The third-order valence-electron chi connectivity index (χ3n) is 6.26. The summed E-state index contributed by atoms with van der Waals surface area (Å²) in [6.07, 6.45) is -7.79. The molecule has 1 fully saturated rings. The van der Waals surface area contributed by atoms with E-state index in [0.717, 1.165) is 0 Å². The Morgan fingerprint density at radius 2 is 1.50 bits per heavy atom. The molecule has 1 aliphatic rings. The zero-order chi connectivity index (χ0) is 28.4. The van der Waals surface area contributed by atoms with E-state index in [2.05, 4.69) is 10.0 Å². The summed E-state index contributed by atoms with van der Waals surface area (Å²) >= 11 is 0. The minimum absolute atomic E-state index is 0.484. The van der Waals surface area contributed by atoms with Gasteiger partial charge in [-0.05, 0) is 33.2 Å². The average molecular weight is 518 g/mol. The largest absolute Gasteiger partial charge is 0.477 e. The van der Waals surface area contributed by atoms with E-state index in [0.29, 0.717) is 27.7 Å². The molecular weight excluding hydrogens is 492 g/mol. The van der Waals surface area contributed by atoms with Crippen LogP contribution in [0.1, 0.15) is 27.7 Å². The molecule has 1 heterocycles. The molecule has 6 atom stereocenters. The number of ether oxygens (including phenoxy) is 1. The van der Waals surface area contributed by atoms with Crippen LogP contribution in [-0.2, 0) is 33.5 Å². The zero-order valence-electron chi connectivity index (χ0n) is 19.5. The van der Waals surface area contributed by atoms with E-state index in [4.69, 9.17) is 10.3 Å². The number of rotatable bonds is 11. The summed E-state index contributed by atoms with van der Waals surface area (Å²) in [7, 11) is 0. The molecule has 0 aromatic carbocycles. The first kappa shape index (κ1) is 30.7. The number of carboxylic acids is 1. The molecule has 0 saturated carbocycles. The maximum absolute atomic E-state index is 13.2. The van der Waals surface area contributed by atoms with Gasteiger partial charge < -0.3 is 40.7 Å². The predicted octanol–water partition coefficient (Wildman–Crippen LogP) is -3.89. The summed E-state index contributed by atoms with van der Waals surface area (Å²) in [5.74, 6) is -14.9. The molecule has 1 amide bonds. The molecular formula is C19H26N4O13. The van der Waals surface area contributed by atoms with Crippen molar-refractivity contribution in [2.45, 2.75) is 62.9 Å². The van der Waals surface area contributed by atoms with E-state index in [1.807, 2.05) is 0 Å². The minimum atomic E-state index is -4.18. The van der Waals surface area contributed by atoms with Crippen LogP contribution in [0.4, 0.5) is 0 Å². The van der Waals surface area contributed by atoms with Gasteiger partial charge in [-0.15, -0.1) is 0 Å². The van der Waals surface area contributed by atoms with Gasteiger partial charge in [0.25, 0.3) is 5.79 Å². The topological polar surface area (TPSA) is 294 Å². The number of hydrogen-bond acceptors (Lipinski definition) is 13. The third-order valence-corrected chi connectivity index (χ3v) is 6.26. The van der Waals surface area contributed by atoms with Gasteiger partial charge in [0.15, 0.2) is 39.7 Å². The van der Waals surface area contributed by atoms with Crippen molar-refractivity contribution in [3.63, 3.8) is 0 Å². The third kappa shape index (κ3) is 3.86. The molecule has 17 nitrogen and oxygen atoms in total. The number of Topliss-reactive ketones (excluding diaryl/α,β-unsaturated/α-hetero) is 4. The lowest BCUT2D eigenvalue weighted by Crippen LogP contribution is -2.93. The number of hydrogen-bond donors (Lipinski definition) is 7. The summed E-state index contributed by atoms with van der Waals surface area (Å²) in [4.78, 5) is 79.3. The summed E-state index contributed by atoms with van der Waals surface area (Å²) in [6.45, 7) is -0.390. The molecule has 7 N–H and O–H groups in total. The fourth-order valence-electron chi connectivity index (χ4n) is 4.79. The number of carbonyl (C=O) groups excluding carboxylic acids is 5. The van der Waals surface area contributed by atoms with Crippen molar-refractivity contribution >= 4 is 35.0 Å². The monoisotopic (exact) mass is 518 g/mol. The van der Waals surface area contributed by atoms with E-state index >= 15 is 0 Å². The Morgan fingerprint density at radius 1 is 1.00 bits per heavy atom. The first-order chi connectivity index (χ1) is 16.4. The molecule has 0 spiro atoms. The molecule has 36 heavy (non-hydrogen) atoms. The second-order valence-corrected chi connectivity index (χ2v) is 8.16. The quantitative estimate of drug-likeness (QED) is 0.0596. The number of ketones is 4. The van der Waals surface area contributed by atoms with Gasteiger partial charge in [0.1, 0.15) is 24.9 Å². The maximum atomic E-state index is 13.2. The maximum Gasteiger partial charge on any atom is 0.366 e. The number of aliphatic hydroxyl groups is 5. The molecule has 0 aromatic rings. The van der Waals surface area contributed by atoms with Gasteiger partial charge in [-0.2, -0.15) is 0 Å².